The second-order valence-corrected chi connectivity index (χ2v) is 7.35. The lowest BCUT2D eigenvalue weighted by Crippen LogP contribution is -2.36. The van der Waals surface area contributed by atoms with Gasteiger partial charge in [0.25, 0.3) is 0 Å². The van der Waals surface area contributed by atoms with Gasteiger partial charge in [-0.1, -0.05) is 6.07 Å². The molecule has 23 heavy (non-hydrogen) atoms. The summed E-state index contributed by atoms with van der Waals surface area (Å²) in [4.78, 5) is 14.8. The molecule has 1 amide bonds. The fourth-order valence-electron chi connectivity index (χ4n) is 2.67. The van der Waals surface area contributed by atoms with Gasteiger partial charge in [0.15, 0.2) is 0 Å². The Hall–Kier alpha value is -1.47. The van der Waals surface area contributed by atoms with Gasteiger partial charge in [-0.25, -0.2) is 0 Å². The third-order valence-electron chi connectivity index (χ3n) is 3.91. The minimum atomic E-state index is -0.298. The van der Waals surface area contributed by atoms with Crippen molar-refractivity contribution in [2.75, 3.05) is 19.4 Å². The van der Waals surface area contributed by atoms with Crippen molar-refractivity contribution in [3.63, 3.8) is 0 Å². The second kappa shape index (κ2) is 6.97. The Bertz CT molecular complexity index is 693. The molecule has 0 radical (unpaired) electrons. The summed E-state index contributed by atoms with van der Waals surface area (Å²) in [5.74, 6) is 1.82. The summed E-state index contributed by atoms with van der Waals surface area (Å²) in [5.41, 5.74) is 1.10. The molecule has 1 aromatic heterocycles. The Morgan fingerprint density at radius 3 is 3.00 bits per heavy atom. The maximum atomic E-state index is 12.9. The molecule has 0 saturated carbocycles. The lowest BCUT2D eigenvalue weighted by molar-refractivity contribution is -0.134. The van der Waals surface area contributed by atoms with E-state index in [4.69, 9.17) is 4.74 Å². The molecule has 1 aliphatic heterocycles. The molecule has 0 spiro atoms. The molecule has 2 heterocycles. The molecule has 1 aromatic carbocycles. The van der Waals surface area contributed by atoms with Crippen LogP contribution in [-0.2, 0) is 4.79 Å². The number of rotatable bonds is 4. The molecule has 0 bridgehead atoms. The molecular formula is C16H18BrN3O2S. The number of amides is 1. The highest BCUT2D eigenvalue weighted by molar-refractivity contribution is 9.10. The lowest BCUT2D eigenvalue weighted by atomic mass is 10.2. The summed E-state index contributed by atoms with van der Waals surface area (Å²) in [6.07, 6.45) is 3.52. The van der Waals surface area contributed by atoms with Crippen molar-refractivity contribution in [1.29, 1.82) is 0 Å². The van der Waals surface area contributed by atoms with Crippen molar-refractivity contribution < 1.29 is 9.53 Å². The highest BCUT2D eigenvalue weighted by Crippen LogP contribution is 2.41. The molecule has 0 N–H and O–H groups in total. The Balaban J connectivity index is 1.82. The van der Waals surface area contributed by atoms with Crippen LogP contribution in [0.4, 0.5) is 0 Å². The molecule has 122 valence electrons. The molecule has 2 unspecified atom stereocenters. The number of thioether (sulfide) groups is 1. The maximum Gasteiger partial charge on any atom is 0.248 e. The molecule has 7 heteroatoms. The van der Waals surface area contributed by atoms with E-state index in [2.05, 4.69) is 21.0 Å². The Kier molecular flexibility index (Phi) is 4.96. The molecule has 1 aliphatic rings. The van der Waals surface area contributed by atoms with Crippen LogP contribution in [0.3, 0.4) is 0 Å². The van der Waals surface area contributed by atoms with Crippen molar-refractivity contribution >= 4 is 33.6 Å². The number of hydrogen-bond acceptors (Lipinski definition) is 4. The number of halogens is 1. The summed E-state index contributed by atoms with van der Waals surface area (Å²) in [5, 5.41) is 4.21. The van der Waals surface area contributed by atoms with E-state index in [1.54, 1.807) is 29.8 Å². The van der Waals surface area contributed by atoms with E-state index in [9.17, 15) is 4.79 Å². The second-order valence-electron chi connectivity index (χ2n) is 5.31. The standard InChI is InChI=1S/C16H18BrN3O2S/c1-11(20-7-3-6-18-20)15(21)19-8-9-23-16(19)12-4-5-14(22-2)13(17)10-12/h3-7,10-11,16H,8-9H2,1-2H3. The first-order valence-corrected chi connectivity index (χ1v) is 9.20. The van der Waals surface area contributed by atoms with Gasteiger partial charge in [0.1, 0.15) is 17.2 Å². The Labute approximate surface area is 148 Å². The van der Waals surface area contributed by atoms with Crippen LogP contribution in [0, 0.1) is 0 Å². The van der Waals surface area contributed by atoms with Crippen molar-refractivity contribution in [1.82, 2.24) is 14.7 Å². The molecule has 0 aliphatic carbocycles. The van der Waals surface area contributed by atoms with Gasteiger partial charge in [-0.15, -0.1) is 11.8 Å². The first-order chi connectivity index (χ1) is 11.1. The van der Waals surface area contributed by atoms with E-state index >= 15 is 0 Å². The number of benzene rings is 1. The molecule has 2 aromatic rings. The fraction of sp³-hybridized carbons (Fsp3) is 0.375. The van der Waals surface area contributed by atoms with E-state index in [1.807, 2.05) is 42.3 Å². The molecule has 2 atom stereocenters. The Morgan fingerprint density at radius 2 is 2.35 bits per heavy atom. The zero-order valence-electron chi connectivity index (χ0n) is 13.0. The van der Waals surface area contributed by atoms with E-state index < -0.39 is 0 Å². The van der Waals surface area contributed by atoms with Crippen LogP contribution in [-0.4, -0.2) is 40.0 Å². The number of methoxy groups -OCH3 is 1. The summed E-state index contributed by atoms with van der Waals surface area (Å²) < 4.78 is 7.88. The van der Waals surface area contributed by atoms with Gasteiger partial charge in [-0.05, 0) is 46.6 Å². The van der Waals surface area contributed by atoms with Crippen molar-refractivity contribution in [3.05, 3.63) is 46.7 Å². The number of carbonyl (C=O) groups is 1. The average molecular weight is 396 g/mol. The topological polar surface area (TPSA) is 47.4 Å². The van der Waals surface area contributed by atoms with E-state index in [1.165, 1.54) is 0 Å². The predicted octanol–water partition coefficient (Wildman–Crippen LogP) is 3.49. The van der Waals surface area contributed by atoms with Gasteiger partial charge in [0.05, 0.1) is 11.6 Å². The first kappa shape index (κ1) is 16.4. The van der Waals surface area contributed by atoms with Gasteiger partial charge in [-0.2, -0.15) is 5.10 Å². The monoisotopic (exact) mass is 395 g/mol. The van der Waals surface area contributed by atoms with Gasteiger partial charge in [0, 0.05) is 24.7 Å². The van der Waals surface area contributed by atoms with Gasteiger partial charge >= 0.3 is 0 Å². The van der Waals surface area contributed by atoms with Crippen LogP contribution < -0.4 is 4.74 Å². The first-order valence-electron chi connectivity index (χ1n) is 7.36. The summed E-state index contributed by atoms with van der Waals surface area (Å²) in [7, 11) is 1.64. The quantitative estimate of drug-likeness (QED) is 0.794. The molecule has 1 saturated heterocycles. The van der Waals surface area contributed by atoms with Crippen molar-refractivity contribution in [3.8, 4) is 5.75 Å². The molecule has 5 nitrogen and oxygen atoms in total. The highest BCUT2D eigenvalue weighted by atomic mass is 79.9. The van der Waals surface area contributed by atoms with Gasteiger partial charge in [-0.3, -0.25) is 9.48 Å². The molecule has 3 rings (SSSR count). The van der Waals surface area contributed by atoms with E-state index in [-0.39, 0.29) is 17.3 Å². The van der Waals surface area contributed by atoms with Crippen LogP contribution in [0.15, 0.2) is 41.1 Å². The van der Waals surface area contributed by atoms with Gasteiger partial charge < -0.3 is 9.64 Å². The number of nitrogens with zero attached hydrogens (tertiary/aromatic N) is 3. The van der Waals surface area contributed by atoms with Crippen molar-refractivity contribution in [2.24, 2.45) is 0 Å². The number of aromatic nitrogens is 2. The highest BCUT2D eigenvalue weighted by Gasteiger charge is 2.34. The van der Waals surface area contributed by atoms with E-state index in [0.29, 0.717) is 0 Å². The minimum Gasteiger partial charge on any atom is -0.496 e. The smallest absolute Gasteiger partial charge is 0.248 e. The third-order valence-corrected chi connectivity index (χ3v) is 5.79. The fourth-order valence-corrected chi connectivity index (χ4v) is 4.48. The largest absolute Gasteiger partial charge is 0.496 e. The van der Waals surface area contributed by atoms with Gasteiger partial charge in [0.2, 0.25) is 5.91 Å². The predicted molar refractivity (Wildman–Crippen MR) is 94.5 cm³/mol. The van der Waals surface area contributed by atoms with Crippen LogP contribution in [0.5, 0.6) is 5.75 Å². The zero-order chi connectivity index (χ0) is 16.4. The summed E-state index contributed by atoms with van der Waals surface area (Å²) >= 11 is 5.30. The van der Waals surface area contributed by atoms with Crippen LogP contribution in [0.2, 0.25) is 0 Å². The number of hydrogen-bond donors (Lipinski definition) is 0. The lowest BCUT2D eigenvalue weighted by Gasteiger charge is -2.27. The normalized spacial score (nSPS) is 18.9. The number of carbonyl (C=O) groups excluding carboxylic acids is 1. The maximum absolute atomic E-state index is 12.9. The molecular weight excluding hydrogens is 378 g/mol. The van der Waals surface area contributed by atoms with Crippen LogP contribution in [0.25, 0.3) is 0 Å². The average Bonchev–Trinajstić information content (AvgIpc) is 3.24. The van der Waals surface area contributed by atoms with E-state index in [0.717, 1.165) is 28.1 Å². The summed E-state index contributed by atoms with van der Waals surface area (Å²) in [6, 6.07) is 7.51. The Morgan fingerprint density at radius 1 is 1.52 bits per heavy atom. The number of ether oxygens (including phenoxy) is 1. The minimum absolute atomic E-state index is 0.0303. The SMILES string of the molecule is COc1ccc(C2SCCN2C(=O)C(C)n2cccn2)cc1Br. The molecule has 1 fully saturated rings. The summed E-state index contributed by atoms with van der Waals surface area (Å²) in [6.45, 7) is 2.64. The van der Waals surface area contributed by atoms with Crippen LogP contribution >= 0.6 is 27.7 Å². The zero-order valence-corrected chi connectivity index (χ0v) is 15.4. The van der Waals surface area contributed by atoms with Crippen LogP contribution in [0.1, 0.15) is 23.9 Å². The van der Waals surface area contributed by atoms with Crippen molar-refractivity contribution in [2.45, 2.75) is 18.3 Å². The third kappa shape index (κ3) is 3.26.